The second kappa shape index (κ2) is 7.96. The van der Waals surface area contributed by atoms with Gasteiger partial charge in [-0.3, -0.25) is 44.3 Å². The van der Waals surface area contributed by atoms with Crippen molar-refractivity contribution in [1.29, 1.82) is 0 Å². The Morgan fingerprint density at radius 1 is 0.821 bits per heavy atom. The van der Waals surface area contributed by atoms with Crippen LogP contribution in [0.1, 0.15) is 10.4 Å². The molecule has 1 aromatic rings. The third-order valence-electron chi connectivity index (χ3n) is 4.03. The maximum absolute atomic E-state index is 12.4. The van der Waals surface area contributed by atoms with Crippen molar-refractivity contribution in [3.63, 3.8) is 0 Å². The predicted molar refractivity (Wildman–Crippen MR) is 93.7 cm³/mol. The molecule has 2 aliphatic heterocycles. The molecule has 6 amide bonds. The van der Waals surface area contributed by atoms with Crippen LogP contribution < -0.4 is 16.0 Å². The molecule has 11 nitrogen and oxygen atoms in total. The Balaban J connectivity index is 1.56. The molecule has 28 heavy (non-hydrogen) atoms. The quantitative estimate of drug-likeness (QED) is 0.492. The minimum atomic E-state index is -0.543. The Morgan fingerprint density at radius 3 is 1.86 bits per heavy atom. The highest BCUT2D eigenvalue weighted by Gasteiger charge is 2.27. The second-order valence-corrected chi connectivity index (χ2v) is 6.37. The number of piperazine rings is 2. The zero-order chi connectivity index (χ0) is 20.3. The van der Waals surface area contributed by atoms with Crippen LogP contribution in [-0.4, -0.2) is 78.0 Å². The molecular weight excluding hydrogens is 370 g/mol. The molecule has 2 aliphatic rings. The lowest BCUT2D eigenvalue weighted by Crippen LogP contribution is -2.53. The summed E-state index contributed by atoms with van der Waals surface area (Å²) in [5.41, 5.74) is 0.681. The van der Waals surface area contributed by atoms with Crippen molar-refractivity contribution in [2.45, 2.75) is 0 Å². The van der Waals surface area contributed by atoms with Gasteiger partial charge in [0.1, 0.15) is 13.1 Å². The van der Waals surface area contributed by atoms with E-state index in [1.165, 1.54) is 29.2 Å². The molecule has 0 aliphatic carbocycles. The first kappa shape index (κ1) is 19.2. The largest absolute Gasteiger partial charge is 0.325 e. The fraction of sp³-hybridized carbons (Fsp3) is 0.294. The zero-order valence-electron chi connectivity index (χ0n) is 14.7. The molecular formula is C17H17N5O6. The van der Waals surface area contributed by atoms with Gasteiger partial charge in [0.25, 0.3) is 5.91 Å². The number of nitrogens with zero attached hydrogens (tertiary/aromatic N) is 2. The van der Waals surface area contributed by atoms with E-state index in [0.717, 1.165) is 4.90 Å². The van der Waals surface area contributed by atoms with E-state index in [4.69, 9.17) is 0 Å². The molecule has 0 spiro atoms. The summed E-state index contributed by atoms with van der Waals surface area (Å²) in [4.78, 5) is 72.4. The van der Waals surface area contributed by atoms with Gasteiger partial charge in [0.2, 0.25) is 29.5 Å². The number of benzene rings is 1. The fourth-order valence-electron chi connectivity index (χ4n) is 2.87. The summed E-state index contributed by atoms with van der Waals surface area (Å²) >= 11 is 0. The summed E-state index contributed by atoms with van der Waals surface area (Å²) in [5, 5.41) is 6.88. The van der Waals surface area contributed by atoms with Gasteiger partial charge in [0.15, 0.2) is 0 Å². The lowest BCUT2D eigenvalue weighted by atomic mass is 10.1. The zero-order valence-corrected chi connectivity index (χ0v) is 14.7. The smallest absolute Gasteiger partial charge is 0.254 e. The standard InChI is InChI=1S/C17H17N5O6/c23-12(5-21-6-13(24)19-14(25)7-21)18-11-3-1-10(2-4-11)17(28)22-8-15(26)20-16(27)9-22/h1-4H,5-9H2,(H,18,23)(H,19,24,25)(H,20,26,27). The van der Waals surface area contributed by atoms with Crippen LogP contribution in [0.15, 0.2) is 24.3 Å². The normalized spacial score (nSPS) is 17.8. The summed E-state index contributed by atoms with van der Waals surface area (Å²) in [6.45, 7) is -0.634. The number of hydrogen-bond acceptors (Lipinski definition) is 7. The number of imide groups is 2. The fourth-order valence-corrected chi connectivity index (χ4v) is 2.87. The molecule has 0 bridgehead atoms. The highest BCUT2D eigenvalue weighted by molar-refractivity contribution is 6.06. The van der Waals surface area contributed by atoms with Crippen molar-refractivity contribution in [3.8, 4) is 0 Å². The van der Waals surface area contributed by atoms with Gasteiger partial charge in [-0.1, -0.05) is 0 Å². The van der Waals surface area contributed by atoms with E-state index < -0.39 is 35.4 Å². The van der Waals surface area contributed by atoms with E-state index in [0.29, 0.717) is 5.69 Å². The van der Waals surface area contributed by atoms with Crippen molar-refractivity contribution >= 4 is 41.1 Å². The molecule has 11 heteroatoms. The third-order valence-corrected chi connectivity index (χ3v) is 4.03. The number of nitrogens with one attached hydrogen (secondary N) is 3. The van der Waals surface area contributed by atoms with Crippen LogP contribution in [0, 0.1) is 0 Å². The first-order valence-corrected chi connectivity index (χ1v) is 8.37. The van der Waals surface area contributed by atoms with Gasteiger partial charge in [-0.2, -0.15) is 0 Å². The van der Waals surface area contributed by atoms with Gasteiger partial charge < -0.3 is 10.2 Å². The number of amides is 6. The maximum atomic E-state index is 12.4. The monoisotopic (exact) mass is 387 g/mol. The minimum absolute atomic E-state index is 0.0469. The van der Waals surface area contributed by atoms with Crippen LogP contribution in [-0.2, 0) is 24.0 Å². The highest BCUT2D eigenvalue weighted by Crippen LogP contribution is 2.13. The van der Waals surface area contributed by atoms with Gasteiger partial charge in [0, 0.05) is 11.3 Å². The van der Waals surface area contributed by atoms with Crippen molar-refractivity contribution in [3.05, 3.63) is 29.8 Å². The highest BCUT2D eigenvalue weighted by atomic mass is 16.2. The van der Waals surface area contributed by atoms with Crippen molar-refractivity contribution in [1.82, 2.24) is 20.4 Å². The Morgan fingerprint density at radius 2 is 1.32 bits per heavy atom. The molecule has 1 aromatic carbocycles. The first-order valence-electron chi connectivity index (χ1n) is 8.37. The molecule has 2 fully saturated rings. The molecule has 3 rings (SSSR count). The summed E-state index contributed by atoms with van der Waals surface area (Å²) in [5.74, 6) is -2.90. The lowest BCUT2D eigenvalue weighted by Gasteiger charge is -2.25. The van der Waals surface area contributed by atoms with Crippen LogP contribution in [0.2, 0.25) is 0 Å². The van der Waals surface area contributed by atoms with E-state index in [-0.39, 0.29) is 38.3 Å². The van der Waals surface area contributed by atoms with Crippen molar-refractivity contribution in [2.24, 2.45) is 0 Å². The number of carbonyl (C=O) groups excluding carboxylic acids is 6. The Labute approximate surface area is 159 Å². The van der Waals surface area contributed by atoms with Gasteiger partial charge in [-0.25, -0.2) is 0 Å². The van der Waals surface area contributed by atoms with Gasteiger partial charge in [-0.05, 0) is 24.3 Å². The average Bonchev–Trinajstić information content (AvgIpc) is 2.60. The van der Waals surface area contributed by atoms with Crippen LogP contribution in [0.5, 0.6) is 0 Å². The van der Waals surface area contributed by atoms with E-state index in [9.17, 15) is 28.8 Å². The van der Waals surface area contributed by atoms with E-state index in [2.05, 4.69) is 16.0 Å². The number of carbonyl (C=O) groups is 6. The molecule has 3 N–H and O–H groups in total. The topological polar surface area (TPSA) is 145 Å². The lowest BCUT2D eigenvalue weighted by molar-refractivity contribution is -0.137. The molecule has 146 valence electrons. The van der Waals surface area contributed by atoms with Crippen LogP contribution in [0.4, 0.5) is 5.69 Å². The summed E-state index contributed by atoms with van der Waals surface area (Å²) < 4.78 is 0. The SMILES string of the molecule is O=C1CN(CC(=O)Nc2ccc(C(=O)N3CC(=O)NC(=O)C3)cc2)CC(=O)N1. The van der Waals surface area contributed by atoms with E-state index >= 15 is 0 Å². The Kier molecular flexibility index (Phi) is 5.45. The van der Waals surface area contributed by atoms with Gasteiger partial charge >= 0.3 is 0 Å². The maximum Gasteiger partial charge on any atom is 0.254 e. The third kappa shape index (κ3) is 4.76. The van der Waals surface area contributed by atoms with Crippen molar-refractivity contribution in [2.75, 3.05) is 38.0 Å². The van der Waals surface area contributed by atoms with E-state index in [1.807, 2.05) is 0 Å². The molecule has 0 radical (unpaired) electrons. The summed E-state index contributed by atoms with van der Waals surface area (Å²) in [6, 6.07) is 5.94. The van der Waals surface area contributed by atoms with Crippen LogP contribution in [0.25, 0.3) is 0 Å². The Bertz CT molecular complexity index is 833. The first-order chi connectivity index (χ1) is 13.3. The second-order valence-electron chi connectivity index (χ2n) is 6.37. The summed E-state index contributed by atoms with van der Waals surface area (Å²) in [7, 11) is 0. The molecule has 0 unspecified atom stereocenters. The molecule has 0 atom stereocenters. The number of hydrogen-bond donors (Lipinski definition) is 3. The van der Waals surface area contributed by atoms with E-state index in [1.54, 1.807) is 0 Å². The molecule has 0 saturated carbocycles. The minimum Gasteiger partial charge on any atom is -0.325 e. The average molecular weight is 387 g/mol. The van der Waals surface area contributed by atoms with Gasteiger partial charge in [0.05, 0.1) is 19.6 Å². The van der Waals surface area contributed by atoms with Crippen LogP contribution >= 0.6 is 0 Å². The Hall–Kier alpha value is -3.60. The molecule has 2 saturated heterocycles. The number of anilines is 1. The molecule has 2 heterocycles. The van der Waals surface area contributed by atoms with Gasteiger partial charge in [-0.15, -0.1) is 0 Å². The van der Waals surface area contributed by atoms with Crippen molar-refractivity contribution < 1.29 is 28.8 Å². The predicted octanol–water partition coefficient (Wildman–Crippen LogP) is -2.32. The molecule has 0 aromatic heterocycles. The summed E-state index contributed by atoms with van der Waals surface area (Å²) in [6.07, 6.45) is 0. The number of rotatable bonds is 4. The van der Waals surface area contributed by atoms with Crippen LogP contribution in [0.3, 0.4) is 0 Å².